The summed E-state index contributed by atoms with van der Waals surface area (Å²) in [6.07, 6.45) is -6.08. The molecule has 0 amide bonds. The maximum atomic E-state index is 15.3. The van der Waals surface area contributed by atoms with Crippen molar-refractivity contribution in [3.8, 4) is 62.4 Å². The molecule has 0 heterocycles. The Kier molecular flexibility index (Phi) is 8.63. The molecule has 0 saturated heterocycles. The topological polar surface area (TPSA) is 65.5 Å². The first-order valence-corrected chi connectivity index (χ1v) is 15.7. The van der Waals surface area contributed by atoms with Gasteiger partial charge in [0.05, 0.1) is 36.4 Å². The number of hydrogen-bond acceptors (Lipinski definition) is 3. The minimum atomic E-state index is -5.72. The minimum Gasteiger partial charge on any atom is -0.399 e. The number of benzene rings is 5. The van der Waals surface area contributed by atoms with Gasteiger partial charge in [0.25, 0.3) is 11.4 Å². The predicted molar refractivity (Wildman–Crippen MR) is 175 cm³/mol. The molecular formula is C40H13F11N4O. The van der Waals surface area contributed by atoms with Crippen LogP contribution in [0.5, 0.6) is 5.75 Å². The van der Waals surface area contributed by atoms with Gasteiger partial charge in [0.1, 0.15) is 0 Å². The van der Waals surface area contributed by atoms with Crippen LogP contribution in [0.3, 0.4) is 0 Å². The van der Waals surface area contributed by atoms with Crippen molar-refractivity contribution in [3.05, 3.63) is 144 Å². The molecular weight excluding hydrogens is 761 g/mol. The van der Waals surface area contributed by atoms with Gasteiger partial charge >= 0.3 is 6.36 Å². The maximum absolute atomic E-state index is 15.3. The van der Waals surface area contributed by atoms with Gasteiger partial charge in [0, 0.05) is 16.0 Å². The molecule has 2 aliphatic rings. The van der Waals surface area contributed by atoms with Crippen LogP contribution in [0, 0.1) is 89.3 Å². The van der Waals surface area contributed by atoms with Crippen molar-refractivity contribution < 1.29 is 53.0 Å². The van der Waals surface area contributed by atoms with Gasteiger partial charge in [-0.2, -0.15) is 8.78 Å². The van der Waals surface area contributed by atoms with E-state index in [1.54, 1.807) is 12.1 Å². The molecule has 0 spiro atoms. The monoisotopic (exact) mass is 774 g/mol. The Morgan fingerprint density at radius 3 is 1.32 bits per heavy atom. The number of alkyl halides is 3. The smallest absolute Gasteiger partial charge is 0.399 e. The van der Waals surface area contributed by atoms with Crippen LogP contribution in [-0.2, 0) is 12.8 Å². The van der Waals surface area contributed by atoms with Gasteiger partial charge in [-0.25, -0.2) is 46.6 Å². The summed E-state index contributed by atoms with van der Waals surface area (Å²) in [7, 11) is 0. The molecule has 7 rings (SSSR count). The van der Waals surface area contributed by atoms with Gasteiger partial charge in [0.15, 0.2) is 34.9 Å². The molecule has 56 heavy (non-hydrogen) atoms. The lowest BCUT2D eigenvalue weighted by Crippen LogP contribution is -2.25. The third kappa shape index (κ3) is 5.33. The van der Waals surface area contributed by atoms with Crippen LogP contribution < -0.4 is 15.2 Å². The van der Waals surface area contributed by atoms with Crippen LogP contribution in [0.25, 0.3) is 65.6 Å². The largest absolute Gasteiger partial charge is 0.573 e. The van der Waals surface area contributed by atoms with Crippen molar-refractivity contribution in [2.24, 2.45) is 0 Å². The van der Waals surface area contributed by atoms with E-state index in [-0.39, 0.29) is 67.8 Å². The third-order valence-corrected chi connectivity index (χ3v) is 9.61. The minimum absolute atomic E-state index is 0.00292. The standard InChI is InChI=1S/C40H13F11N4O/c1-14-31(41)33(43)25(34(44)32(14)42)17-6-4-15-8-21-27(19(15)10-17)29(23(12-52)54-2)22-9-16-5-7-18(11-20(16)28(22)30(21)24(13-53)55-3)26-35(45)37(47)39(38(48)36(26)46)56-40(49,50)51/h4-7,10-11H,8-9H2,1H3/b29-23-,30-24+. The Bertz CT molecular complexity index is 2890. The number of ether oxygens (including phenoxy) is 1. The highest BCUT2D eigenvalue weighted by Gasteiger charge is 2.38. The summed E-state index contributed by atoms with van der Waals surface area (Å²) in [4.78, 5) is 6.68. The number of rotatable bonds is 3. The summed E-state index contributed by atoms with van der Waals surface area (Å²) in [6.45, 7) is 16.5. The van der Waals surface area contributed by atoms with E-state index in [1.807, 2.05) is 0 Å². The molecule has 0 saturated carbocycles. The first-order chi connectivity index (χ1) is 26.5. The highest BCUT2D eigenvalue weighted by Crippen LogP contribution is 2.45. The van der Waals surface area contributed by atoms with Crippen molar-refractivity contribution in [1.82, 2.24) is 0 Å². The van der Waals surface area contributed by atoms with Crippen molar-refractivity contribution in [1.29, 1.82) is 10.5 Å². The second kappa shape index (κ2) is 13.0. The van der Waals surface area contributed by atoms with E-state index in [0.717, 1.165) is 25.1 Å². The number of halogens is 11. The molecule has 0 fully saturated rings. The van der Waals surface area contributed by atoms with Crippen LogP contribution in [0.15, 0.2) is 36.4 Å². The van der Waals surface area contributed by atoms with E-state index in [4.69, 9.17) is 13.1 Å². The van der Waals surface area contributed by atoms with Crippen LogP contribution >= 0.6 is 0 Å². The fourth-order valence-electron chi connectivity index (χ4n) is 7.28. The van der Waals surface area contributed by atoms with Gasteiger partial charge in [-0.05, 0) is 87.5 Å². The lowest BCUT2D eigenvalue weighted by Gasteiger charge is -2.16. The van der Waals surface area contributed by atoms with Gasteiger partial charge < -0.3 is 4.74 Å². The summed E-state index contributed by atoms with van der Waals surface area (Å²) in [5.41, 5.74) is -4.45. The molecule has 2 aliphatic carbocycles. The zero-order valence-corrected chi connectivity index (χ0v) is 27.7. The molecule has 0 atom stereocenters. The van der Waals surface area contributed by atoms with E-state index >= 15 is 17.6 Å². The normalized spacial score (nSPS) is 13.4. The summed E-state index contributed by atoms with van der Waals surface area (Å²) in [5.74, 6) is -18.6. The number of nitrogens with zero attached hydrogens (tertiary/aromatic N) is 4. The summed E-state index contributed by atoms with van der Waals surface area (Å²) in [5, 5.41) is 20.1. The zero-order valence-electron chi connectivity index (χ0n) is 27.7. The van der Waals surface area contributed by atoms with Crippen LogP contribution in [-0.4, -0.2) is 6.36 Å². The van der Waals surface area contributed by atoms with E-state index in [1.165, 1.54) is 18.2 Å². The second-order valence-corrected chi connectivity index (χ2v) is 12.5. The third-order valence-electron chi connectivity index (χ3n) is 9.61. The Balaban J connectivity index is 1.57. The molecule has 5 aromatic rings. The highest BCUT2D eigenvalue weighted by atomic mass is 19.4. The van der Waals surface area contributed by atoms with Crippen molar-refractivity contribution >= 4 is 11.4 Å². The summed E-state index contributed by atoms with van der Waals surface area (Å²) in [6, 6.07) is 10.4. The van der Waals surface area contributed by atoms with Crippen LogP contribution in [0.4, 0.5) is 48.3 Å². The first kappa shape index (κ1) is 37.2. The molecule has 276 valence electrons. The lowest BCUT2D eigenvalue weighted by molar-refractivity contribution is -0.276. The molecule has 16 heteroatoms. The molecule has 0 N–H and O–H groups in total. The number of fused-ring (bicyclic) bond motifs is 6. The summed E-state index contributed by atoms with van der Waals surface area (Å²) >= 11 is 0. The predicted octanol–water partition coefficient (Wildman–Crippen LogP) is 9.58. The fraction of sp³-hybridized carbons (Fsp3) is 0.100. The Labute approximate surface area is 307 Å². The average Bonchev–Trinajstić information content (AvgIpc) is 3.73. The molecule has 0 unspecified atom stereocenters. The highest BCUT2D eigenvalue weighted by molar-refractivity contribution is 5.94. The van der Waals surface area contributed by atoms with Crippen molar-refractivity contribution in [3.63, 3.8) is 0 Å². The Hall–Kier alpha value is -7.17. The van der Waals surface area contributed by atoms with E-state index in [2.05, 4.69) is 14.4 Å². The van der Waals surface area contributed by atoms with Crippen LogP contribution in [0.1, 0.15) is 27.8 Å². The van der Waals surface area contributed by atoms with E-state index in [9.17, 15) is 41.3 Å². The average molecular weight is 775 g/mol. The van der Waals surface area contributed by atoms with Gasteiger partial charge in [0.2, 0.25) is 17.4 Å². The maximum Gasteiger partial charge on any atom is 0.573 e. The van der Waals surface area contributed by atoms with Crippen molar-refractivity contribution in [2.45, 2.75) is 26.1 Å². The first-order valence-electron chi connectivity index (χ1n) is 15.7. The van der Waals surface area contributed by atoms with Gasteiger partial charge in [-0.3, -0.25) is 0 Å². The van der Waals surface area contributed by atoms with Crippen molar-refractivity contribution in [2.75, 3.05) is 0 Å². The molecule has 0 aromatic heterocycles. The number of nitriles is 2. The number of hydrogen-bond donors (Lipinski definition) is 0. The molecule has 0 radical (unpaired) electrons. The summed E-state index contributed by atoms with van der Waals surface area (Å²) < 4.78 is 161. The molecule has 0 aliphatic heterocycles. The van der Waals surface area contributed by atoms with E-state index < -0.39 is 92.3 Å². The lowest BCUT2D eigenvalue weighted by atomic mass is 9.89. The quantitative estimate of drug-likeness (QED) is 0.102. The SMILES string of the molecule is [C-]#[N+]/C(C#N)=c1/c2c(/c(=C(\C#N)[N+]#[C-])c3c1-c1cc(-c4c(F)c(F)c(C)c(F)c4F)ccc1C3)-c1cc(-c3c(F)c(F)c(OC(F)(F)F)c(F)c3F)ccc1C2. The fourth-order valence-corrected chi connectivity index (χ4v) is 7.28. The van der Waals surface area contributed by atoms with E-state index in [0.29, 0.717) is 5.56 Å². The van der Waals surface area contributed by atoms with Crippen LogP contribution in [0.2, 0.25) is 0 Å². The Morgan fingerprint density at radius 2 is 0.982 bits per heavy atom. The Morgan fingerprint density at radius 1 is 0.607 bits per heavy atom. The second-order valence-electron chi connectivity index (χ2n) is 12.5. The molecule has 5 nitrogen and oxygen atoms in total. The molecule has 5 aromatic carbocycles. The van der Waals surface area contributed by atoms with Gasteiger partial charge in [-0.1, -0.05) is 24.3 Å². The van der Waals surface area contributed by atoms with Gasteiger partial charge in [-0.15, -0.1) is 13.2 Å². The molecule has 0 bridgehead atoms. The zero-order chi connectivity index (χ0) is 40.7.